The van der Waals surface area contributed by atoms with Crippen molar-refractivity contribution in [2.45, 2.75) is 58.8 Å². The van der Waals surface area contributed by atoms with E-state index in [0.29, 0.717) is 29.8 Å². The van der Waals surface area contributed by atoms with Crippen molar-refractivity contribution in [2.24, 2.45) is 29.6 Å². The Kier molecular flexibility index (Phi) is 3.50. The predicted octanol–water partition coefficient (Wildman–Crippen LogP) is 4.32. The molecule has 21 heavy (non-hydrogen) atoms. The van der Waals surface area contributed by atoms with Gasteiger partial charge in [0.2, 0.25) is 0 Å². The van der Waals surface area contributed by atoms with Gasteiger partial charge in [-0.05, 0) is 54.1 Å². The van der Waals surface area contributed by atoms with Gasteiger partial charge < -0.3 is 9.47 Å². The molecule has 4 aliphatic rings. The number of ether oxygens (including phenoxy) is 2. The molecule has 0 radical (unpaired) electrons. The summed E-state index contributed by atoms with van der Waals surface area (Å²) in [6, 6.07) is 0. The van der Waals surface area contributed by atoms with Gasteiger partial charge in [-0.3, -0.25) is 0 Å². The Morgan fingerprint density at radius 3 is 2.95 bits per heavy atom. The Bertz CT molecular complexity index is 476. The molecule has 0 amide bonds. The summed E-state index contributed by atoms with van der Waals surface area (Å²) < 4.78 is 12.6. The molecule has 1 aliphatic heterocycles. The van der Waals surface area contributed by atoms with Crippen molar-refractivity contribution in [3.05, 3.63) is 23.3 Å². The second kappa shape index (κ2) is 5.24. The Morgan fingerprint density at radius 2 is 2.14 bits per heavy atom. The highest BCUT2D eigenvalue weighted by atomic mass is 16.7. The van der Waals surface area contributed by atoms with Crippen molar-refractivity contribution in [1.29, 1.82) is 0 Å². The maximum absolute atomic E-state index is 6.57. The Balaban J connectivity index is 1.48. The van der Waals surface area contributed by atoms with E-state index in [4.69, 9.17) is 9.47 Å². The molecule has 0 spiro atoms. The molecule has 1 heterocycles. The van der Waals surface area contributed by atoms with Crippen molar-refractivity contribution in [3.8, 4) is 0 Å². The van der Waals surface area contributed by atoms with Gasteiger partial charge in [-0.1, -0.05) is 39.3 Å². The molecule has 4 rings (SSSR count). The van der Waals surface area contributed by atoms with Crippen molar-refractivity contribution in [2.75, 3.05) is 6.61 Å². The standard InChI is InChI=1S/C19H28O2/c1-11(2)15-7-4-12(3)8-17(15)21-19-18-14-6-5-13(9-14)16(18)10-20-19/h5-6,11-12,14-15,17-19H,4,7-10H2,1-3H3/t12-,14?,15+,17-,18?,19?/m0/s1. The fourth-order valence-electron chi connectivity index (χ4n) is 4.99. The molecule has 2 heteroatoms. The average Bonchev–Trinajstić information content (AvgIpc) is 3.11. The smallest absolute Gasteiger partial charge is 0.165 e. The third-order valence-electron chi connectivity index (χ3n) is 6.24. The van der Waals surface area contributed by atoms with Gasteiger partial charge in [0.1, 0.15) is 0 Å². The van der Waals surface area contributed by atoms with Gasteiger partial charge in [0, 0.05) is 5.92 Å². The van der Waals surface area contributed by atoms with E-state index in [-0.39, 0.29) is 6.29 Å². The van der Waals surface area contributed by atoms with Gasteiger partial charge >= 0.3 is 0 Å². The maximum atomic E-state index is 6.57. The van der Waals surface area contributed by atoms with E-state index in [9.17, 15) is 0 Å². The van der Waals surface area contributed by atoms with E-state index >= 15 is 0 Å². The average molecular weight is 288 g/mol. The summed E-state index contributed by atoms with van der Waals surface area (Å²) in [6.07, 6.45) is 10.2. The van der Waals surface area contributed by atoms with Gasteiger partial charge in [-0.25, -0.2) is 0 Å². The van der Waals surface area contributed by atoms with Crippen LogP contribution in [0.1, 0.15) is 46.5 Å². The van der Waals surface area contributed by atoms with Crippen LogP contribution in [0.4, 0.5) is 0 Å². The largest absolute Gasteiger partial charge is 0.348 e. The number of hydrogen-bond acceptors (Lipinski definition) is 2. The Hall–Kier alpha value is -0.600. The normalized spacial score (nSPS) is 45.0. The van der Waals surface area contributed by atoms with Gasteiger partial charge in [0.05, 0.1) is 12.7 Å². The van der Waals surface area contributed by atoms with Crippen LogP contribution in [0.3, 0.4) is 0 Å². The minimum Gasteiger partial charge on any atom is -0.348 e. The molecule has 2 nitrogen and oxygen atoms in total. The molecular formula is C19H28O2. The van der Waals surface area contributed by atoms with Crippen molar-refractivity contribution >= 4 is 0 Å². The molecule has 2 bridgehead atoms. The fraction of sp³-hybridized carbons (Fsp3) is 0.789. The summed E-state index contributed by atoms with van der Waals surface area (Å²) in [5.74, 6) is 3.39. The molecular weight excluding hydrogens is 260 g/mol. The van der Waals surface area contributed by atoms with Crippen molar-refractivity contribution in [3.63, 3.8) is 0 Å². The first-order valence-electron chi connectivity index (χ1n) is 8.80. The molecule has 116 valence electrons. The van der Waals surface area contributed by atoms with Crippen LogP contribution in [0, 0.1) is 29.6 Å². The summed E-state index contributed by atoms with van der Waals surface area (Å²) in [5, 5.41) is 0. The van der Waals surface area contributed by atoms with Gasteiger partial charge in [-0.2, -0.15) is 0 Å². The van der Waals surface area contributed by atoms with E-state index in [1.807, 2.05) is 0 Å². The van der Waals surface area contributed by atoms with Gasteiger partial charge in [-0.15, -0.1) is 0 Å². The highest BCUT2D eigenvalue weighted by molar-refractivity contribution is 5.42. The topological polar surface area (TPSA) is 18.5 Å². The second-order valence-corrected chi connectivity index (χ2v) is 7.98. The SMILES string of the molecule is CC(C)[C@H]1CC[C@H](C)C[C@@H]1OC1OCC2=C3C=CC(C3)C21. The lowest BCUT2D eigenvalue weighted by Gasteiger charge is -2.39. The molecule has 0 aromatic carbocycles. The minimum atomic E-state index is 0.0176. The van der Waals surface area contributed by atoms with Gasteiger partial charge in [0.25, 0.3) is 0 Å². The van der Waals surface area contributed by atoms with Crippen LogP contribution in [-0.4, -0.2) is 19.0 Å². The van der Waals surface area contributed by atoms with E-state index in [0.717, 1.165) is 12.5 Å². The van der Waals surface area contributed by atoms with Crippen LogP contribution in [0.5, 0.6) is 0 Å². The number of allylic oxidation sites excluding steroid dienone is 3. The fourth-order valence-corrected chi connectivity index (χ4v) is 4.99. The summed E-state index contributed by atoms with van der Waals surface area (Å²) in [4.78, 5) is 0. The molecule has 1 saturated carbocycles. The number of rotatable bonds is 3. The molecule has 3 aliphatic carbocycles. The molecule has 1 saturated heterocycles. The van der Waals surface area contributed by atoms with Crippen LogP contribution in [-0.2, 0) is 9.47 Å². The van der Waals surface area contributed by atoms with Crippen LogP contribution >= 0.6 is 0 Å². The summed E-state index contributed by atoms with van der Waals surface area (Å²) in [7, 11) is 0. The number of fused-ring (bicyclic) bond motifs is 4. The van der Waals surface area contributed by atoms with E-state index in [1.165, 1.54) is 36.8 Å². The molecule has 6 atom stereocenters. The summed E-state index contributed by atoms with van der Waals surface area (Å²) >= 11 is 0. The van der Waals surface area contributed by atoms with E-state index in [2.05, 4.69) is 32.9 Å². The molecule has 0 aromatic rings. The van der Waals surface area contributed by atoms with Crippen LogP contribution in [0.25, 0.3) is 0 Å². The molecule has 2 fully saturated rings. The molecule has 0 aromatic heterocycles. The lowest BCUT2D eigenvalue weighted by molar-refractivity contribution is -0.192. The van der Waals surface area contributed by atoms with E-state index in [1.54, 1.807) is 0 Å². The first kappa shape index (κ1) is 14.0. The zero-order valence-corrected chi connectivity index (χ0v) is 13.5. The van der Waals surface area contributed by atoms with Crippen molar-refractivity contribution < 1.29 is 9.47 Å². The lowest BCUT2D eigenvalue weighted by Crippen LogP contribution is -2.39. The minimum absolute atomic E-state index is 0.0176. The van der Waals surface area contributed by atoms with Crippen molar-refractivity contribution in [1.82, 2.24) is 0 Å². The zero-order valence-electron chi connectivity index (χ0n) is 13.5. The predicted molar refractivity (Wildman–Crippen MR) is 83.7 cm³/mol. The highest BCUT2D eigenvalue weighted by Gasteiger charge is 2.47. The summed E-state index contributed by atoms with van der Waals surface area (Å²) in [6.45, 7) is 7.87. The number of hydrogen-bond donors (Lipinski definition) is 0. The Labute approximate surface area is 128 Å². The third kappa shape index (κ3) is 2.31. The Morgan fingerprint density at radius 1 is 1.29 bits per heavy atom. The van der Waals surface area contributed by atoms with Gasteiger partial charge in [0.15, 0.2) is 6.29 Å². The van der Waals surface area contributed by atoms with Crippen LogP contribution in [0.15, 0.2) is 23.3 Å². The molecule has 3 unspecified atom stereocenters. The second-order valence-electron chi connectivity index (χ2n) is 7.98. The third-order valence-corrected chi connectivity index (χ3v) is 6.24. The first-order chi connectivity index (χ1) is 10.1. The molecule has 0 N–H and O–H groups in total. The summed E-state index contributed by atoms with van der Waals surface area (Å²) in [5.41, 5.74) is 3.07. The van der Waals surface area contributed by atoms with Crippen LogP contribution in [0.2, 0.25) is 0 Å². The van der Waals surface area contributed by atoms with E-state index < -0.39 is 0 Å². The monoisotopic (exact) mass is 288 g/mol. The van der Waals surface area contributed by atoms with Crippen LogP contribution < -0.4 is 0 Å². The zero-order chi connectivity index (χ0) is 14.6. The first-order valence-corrected chi connectivity index (χ1v) is 8.80. The maximum Gasteiger partial charge on any atom is 0.165 e. The quantitative estimate of drug-likeness (QED) is 0.770. The lowest BCUT2D eigenvalue weighted by atomic mass is 9.75. The highest BCUT2D eigenvalue weighted by Crippen LogP contribution is 2.50.